The van der Waals surface area contributed by atoms with Gasteiger partial charge in [0.05, 0.1) is 13.2 Å². The Balaban J connectivity index is 0.00000784. The van der Waals surface area contributed by atoms with Crippen molar-refractivity contribution in [2.24, 2.45) is 4.99 Å². The van der Waals surface area contributed by atoms with Crippen molar-refractivity contribution < 1.29 is 19.1 Å². The number of ether oxygens (including phenoxy) is 1. The number of carbonyl (C=O) groups is 1. The van der Waals surface area contributed by atoms with Crippen LogP contribution in [0.4, 0.5) is 0 Å². The minimum atomic E-state index is -1.14. The lowest BCUT2D eigenvalue weighted by Crippen LogP contribution is -2.39. The van der Waals surface area contributed by atoms with Crippen LogP contribution in [0.1, 0.15) is 70.8 Å². The third kappa shape index (κ3) is 12.1. The fraction of sp³-hybridized carbons (Fsp3) is 0.714. The molecule has 7 nitrogen and oxygen atoms in total. The van der Waals surface area contributed by atoms with Gasteiger partial charge >= 0.3 is 5.97 Å². The summed E-state index contributed by atoms with van der Waals surface area (Å²) < 4.78 is 10.4. The van der Waals surface area contributed by atoms with E-state index in [0.717, 1.165) is 51.0 Å². The van der Waals surface area contributed by atoms with E-state index in [4.69, 9.17) is 9.15 Å². The lowest BCUT2D eigenvalue weighted by atomic mass is 10.0. The van der Waals surface area contributed by atoms with Crippen LogP contribution >= 0.6 is 24.0 Å². The molecule has 0 aliphatic carbocycles. The molecule has 0 spiro atoms. The first-order chi connectivity index (χ1) is 13.4. The number of nitrogens with one attached hydrogen (secondary N) is 2. The number of carbonyl (C=O) groups excluding carboxylic acids is 1. The van der Waals surface area contributed by atoms with Crippen LogP contribution in [-0.2, 0) is 15.1 Å². The second-order valence-electron chi connectivity index (χ2n) is 7.13. The molecule has 3 N–H and O–H groups in total. The zero-order valence-corrected chi connectivity index (χ0v) is 20.6. The minimum absolute atomic E-state index is 0. The maximum atomic E-state index is 11.3. The maximum absolute atomic E-state index is 11.3. The number of aryl methyl sites for hydroxylation is 1. The van der Waals surface area contributed by atoms with Gasteiger partial charge in [0.15, 0.2) is 5.96 Å². The van der Waals surface area contributed by atoms with Crippen LogP contribution in [0.15, 0.2) is 21.5 Å². The summed E-state index contributed by atoms with van der Waals surface area (Å²) in [4.78, 5) is 15.8. The second-order valence-corrected chi connectivity index (χ2v) is 7.13. The van der Waals surface area contributed by atoms with Gasteiger partial charge in [-0.25, -0.2) is 4.99 Å². The number of furan rings is 1. The molecule has 0 radical (unpaired) electrons. The first-order valence-corrected chi connectivity index (χ1v) is 10.4. The van der Waals surface area contributed by atoms with Crippen LogP contribution in [0.2, 0.25) is 0 Å². The molecule has 0 aromatic carbocycles. The number of esters is 1. The molecule has 0 bridgehead atoms. The molecule has 1 heterocycles. The Hall–Kier alpha value is -1.29. The van der Waals surface area contributed by atoms with Crippen molar-refractivity contribution in [2.45, 2.75) is 71.8 Å². The molecular weight excluding hydrogens is 485 g/mol. The van der Waals surface area contributed by atoms with Crippen molar-refractivity contribution in [3.8, 4) is 0 Å². The van der Waals surface area contributed by atoms with Gasteiger partial charge in [-0.2, -0.15) is 0 Å². The van der Waals surface area contributed by atoms with E-state index < -0.39 is 5.60 Å². The molecule has 1 unspecified atom stereocenters. The average molecular weight is 523 g/mol. The number of nitrogens with zero attached hydrogens (tertiary/aromatic N) is 1. The number of unbranched alkanes of at least 4 members (excludes halogenated alkanes) is 4. The summed E-state index contributed by atoms with van der Waals surface area (Å²) in [6.07, 6.45) is 5.66. The van der Waals surface area contributed by atoms with Crippen molar-refractivity contribution in [2.75, 3.05) is 26.2 Å². The van der Waals surface area contributed by atoms with Gasteiger partial charge in [-0.15, -0.1) is 24.0 Å². The van der Waals surface area contributed by atoms with Crippen molar-refractivity contribution in [3.63, 3.8) is 0 Å². The van der Waals surface area contributed by atoms with Crippen molar-refractivity contribution >= 4 is 35.9 Å². The van der Waals surface area contributed by atoms with Gasteiger partial charge in [0.25, 0.3) is 0 Å². The lowest BCUT2D eigenvalue weighted by molar-refractivity contribution is -0.143. The number of hydrogen-bond acceptors (Lipinski definition) is 5. The van der Waals surface area contributed by atoms with Gasteiger partial charge in [0.2, 0.25) is 0 Å². The SMILES string of the molecule is CCNC(=NCC(C)(O)c1ccc(C)o1)NCCCCCCCC(=O)OCC.I. The second kappa shape index (κ2) is 15.5. The van der Waals surface area contributed by atoms with Crippen molar-refractivity contribution in [1.82, 2.24) is 10.6 Å². The molecule has 1 rings (SSSR count). The molecule has 0 saturated carbocycles. The molecular formula is C21H38IN3O4. The maximum Gasteiger partial charge on any atom is 0.305 e. The summed E-state index contributed by atoms with van der Waals surface area (Å²) in [5, 5.41) is 17.1. The fourth-order valence-corrected chi connectivity index (χ4v) is 2.74. The van der Waals surface area contributed by atoms with E-state index in [0.29, 0.717) is 24.7 Å². The average Bonchev–Trinajstić information content (AvgIpc) is 3.09. The Morgan fingerprint density at radius 2 is 1.86 bits per heavy atom. The van der Waals surface area contributed by atoms with Crippen LogP contribution < -0.4 is 10.6 Å². The zero-order chi connectivity index (χ0) is 20.8. The highest BCUT2D eigenvalue weighted by Crippen LogP contribution is 2.23. The highest BCUT2D eigenvalue weighted by molar-refractivity contribution is 14.0. The van der Waals surface area contributed by atoms with E-state index in [2.05, 4.69) is 15.6 Å². The molecule has 0 saturated heterocycles. The molecule has 1 aromatic heterocycles. The van der Waals surface area contributed by atoms with Crippen LogP contribution in [-0.4, -0.2) is 43.3 Å². The van der Waals surface area contributed by atoms with Gasteiger partial charge in [-0.1, -0.05) is 19.3 Å². The highest BCUT2D eigenvalue weighted by atomic mass is 127. The Labute approximate surface area is 192 Å². The largest absolute Gasteiger partial charge is 0.466 e. The lowest BCUT2D eigenvalue weighted by Gasteiger charge is -2.19. The van der Waals surface area contributed by atoms with Gasteiger partial charge < -0.3 is 24.9 Å². The third-order valence-electron chi connectivity index (χ3n) is 4.32. The predicted molar refractivity (Wildman–Crippen MR) is 127 cm³/mol. The smallest absolute Gasteiger partial charge is 0.305 e. The van der Waals surface area contributed by atoms with E-state index in [-0.39, 0.29) is 36.5 Å². The van der Waals surface area contributed by atoms with Gasteiger partial charge in [0.1, 0.15) is 17.1 Å². The summed E-state index contributed by atoms with van der Waals surface area (Å²) >= 11 is 0. The van der Waals surface area contributed by atoms with Gasteiger partial charge in [-0.05, 0) is 52.7 Å². The first-order valence-electron chi connectivity index (χ1n) is 10.4. The molecule has 0 aliphatic rings. The van der Waals surface area contributed by atoms with Crippen LogP contribution in [0.3, 0.4) is 0 Å². The van der Waals surface area contributed by atoms with E-state index >= 15 is 0 Å². The van der Waals surface area contributed by atoms with E-state index in [1.807, 2.05) is 26.8 Å². The number of hydrogen-bond donors (Lipinski definition) is 3. The standard InChI is InChI=1S/C21H37N3O4.HI/c1-5-22-20(24-16-21(4,26)18-14-13-17(3)28-18)23-15-11-9-7-8-10-12-19(25)27-6-2;/h13-14,26H,5-12,15-16H2,1-4H3,(H2,22,23,24);1H. The van der Waals surface area contributed by atoms with Crippen molar-refractivity contribution in [1.29, 1.82) is 0 Å². The summed E-state index contributed by atoms with van der Waals surface area (Å²) in [5.41, 5.74) is -1.14. The van der Waals surface area contributed by atoms with E-state index in [1.165, 1.54) is 0 Å². The molecule has 0 fully saturated rings. The molecule has 168 valence electrons. The summed E-state index contributed by atoms with van der Waals surface area (Å²) in [6, 6.07) is 3.62. The number of aliphatic imine (C=N–C) groups is 1. The summed E-state index contributed by atoms with van der Waals surface area (Å²) in [5.74, 6) is 1.88. The predicted octanol–water partition coefficient (Wildman–Crippen LogP) is 3.87. The summed E-state index contributed by atoms with van der Waals surface area (Å²) in [6.45, 7) is 9.62. The van der Waals surface area contributed by atoms with Crippen molar-refractivity contribution in [3.05, 3.63) is 23.7 Å². The number of halogens is 1. The van der Waals surface area contributed by atoms with Crippen LogP contribution in [0.25, 0.3) is 0 Å². The minimum Gasteiger partial charge on any atom is -0.466 e. The topological polar surface area (TPSA) is 96.1 Å². The fourth-order valence-electron chi connectivity index (χ4n) is 2.74. The van der Waals surface area contributed by atoms with E-state index in [9.17, 15) is 9.90 Å². The Morgan fingerprint density at radius 1 is 1.17 bits per heavy atom. The first kappa shape index (κ1) is 27.7. The molecule has 1 atom stereocenters. The van der Waals surface area contributed by atoms with Gasteiger partial charge in [-0.3, -0.25) is 4.79 Å². The zero-order valence-electron chi connectivity index (χ0n) is 18.3. The third-order valence-corrected chi connectivity index (χ3v) is 4.32. The number of rotatable bonds is 13. The normalized spacial score (nSPS) is 13.3. The molecule has 0 aliphatic heterocycles. The number of aliphatic hydroxyl groups is 1. The number of guanidine groups is 1. The monoisotopic (exact) mass is 523 g/mol. The van der Waals surface area contributed by atoms with Crippen LogP contribution in [0.5, 0.6) is 0 Å². The molecule has 0 amide bonds. The van der Waals surface area contributed by atoms with E-state index in [1.54, 1.807) is 13.0 Å². The Bertz CT molecular complexity index is 603. The molecule has 1 aromatic rings. The quantitative estimate of drug-likeness (QED) is 0.120. The van der Waals surface area contributed by atoms with Gasteiger partial charge in [0, 0.05) is 19.5 Å². The highest BCUT2D eigenvalue weighted by Gasteiger charge is 2.26. The van der Waals surface area contributed by atoms with Crippen LogP contribution in [0, 0.1) is 6.92 Å². The Morgan fingerprint density at radius 3 is 2.48 bits per heavy atom. The molecule has 8 heteroatoms. The Kier molecular flexibility index (Phi) is 14.8. The molecule has 29 heavy (non-hydrogen) atoms. The summed E-state index contributed by atoms with van der Waals surface area (Å²) in [7, 11) is 0.